The van der Waals surface area contributed by atoms with Gasteiger partial charge in [0.1, 0.15) is 0 Å². The molecule has 1 aromatic rings. The van der Waals surface area contributed by atoms with Crippen LogP contribution < -0.4 is 10.6 Å². The summed E-state index contributed by atoms with van der Waals surface area (Å²) in [4.78, 5) is 14.2. The minimum absolute atomic E-state index is 0.0762. The molecule has 0 radical (unpaired) electrons. The van der Waals surface area contributed by atoms with E-state index in [2.05, 4.69) is 48.6 Å². The molecule has 0 aliphatic carbocycles. The van der Waals surface area contributed by atoms with Crippen molar-refractivity contribution in [3.8, 4) is 0 Å². The van der Waals surface area contributed by atoms with E-state index in [1.807, 2.05) is 18.2 Å². The Morgan fingerprint density at radius 1 is 1.29 bits per heavy atom. The van der Waals surface area contributed by atoms with Crippen LogP contribution in [0.3, 0.4) is 0 Å². The van der Waals surface area contributed by atoms with Crippen LogP contribution in [0.1, 0.15) is 38.4 Å². The number of likely N-dealkylation sites (N-methyl/N-ethyl adjacent to an activating group) is 1. The van der Waals surface area contributed by atoms with E-state index in [1.54, 1.807) is 0 Å². The van der Waals surface area contributed by atoms with E-state index < -0.39 is 0 Å². The third kappa shape index (κ3) is 5.80. The van der Waals surface area contributed by atoms with Gasteiger partial charge in [-0.2, -0.15) is 0 Å². The van der Waals surface area contributed by atoms with Crippen LogP contribution in [0.15, 0.2) is 30.3 Å². The summed E-state index contributed by atoms with van der Waals surface area (Å²) in [5.74, 6) is 0.324. The van der Waals surface area contributed by atoms with Gasteiger partial charge in [0.15, 0.2) is 0 Å². The molecule has 1 saturated heterocycles. The van der Waals surface area contributed by atoms with E-state index >= 15 is 0 Å². The normalized spacial score (nSPS) is 21.0. The number of urea groups is 1. The molecule has 1 heterocycles. The maximum atomic E-state index is 12.0. The average Bonchev–Trinajstić information content (AvgIpc) is 2.60. The fourth-order valence-corrected chi connectivity index (χ4v) is 2.95. The Morgan fingerprint density at radius 2 is 2.04 bits per heavy atom. The van der Waals surface area contributed by atoms with Gasteiger partial charge in [-0.15, -0.1) is 0 Å². The summed E-state index contributed by atoms with van der Waals surface area (Å²) >= 11 is 0. The van der Waals surface area contributed by atoms with Crippen LogP contribution in [-0.4, -0.2) is 50.3 Å². The molecule has 1 aliphatic rings. The molecule has 2 unspecified atom stereocenters. The molecule has 2 atom stereocenters. The Balaban J connectivity index is 1.76. The summed E-state index contributed by atoms with van der Waals surface area (Å²) in [6.07, 6.45) is 2.21. The van der Waals surface area contributed by atoms with Gasteiger partial charge >= 0.3 is 6.03 Å². The number of amides is 2. The highest BCUT2D eigenvalue weighted by atomic mass is 16.5. The van der Waals surface area contributed by atoms with Crippen molar-refractivity contribution in [2.45, 2.75) is 38.8 Å². The third-order valence-electron chi connectivity index (χ3n) is 4.73. The lowest BCUT2D eigenvalue weighted by atomic mass is 9.89. The third-order valence-corrected chi connectivity index (χ3v) is 4.73. The first-order valence-electron chi connectivity index (χ1n) is 8.96. The van der Waals surface area contributed by atoms with E-state index in [4.69, 9.17) is 4.74 Å². The molecular formula is C19H31N3O2. The van der Waals surface area contributed by atoms with Gasteiger partial charge < -0.3 is 20.3 Å². The van der Waals surface area contributed by atoms with Crippen LogP contribution in [0.4, 0.5) is 4.79 Å². The van der Waals surface area contributed by atoms with Crippen LogP contribution in [0.25, 0.3) is 0 Å². The molecule has 2 amide bonds. The van der Waals surface area contributed by atoms with E-state index in [1.165, 1.54) is 5.56 Å². The molecule has 134 valence electrons. The van der Waals surface area contributed by atoms with E-state index in [-0.39, 0.29) is 12.1 Å². The van der Waals surface area contributed by atoms with Gasteiger partial charge in [-0.25, -0.2) is 4.79 Å². The van der Waals surface area contributed by atoms with Crippen molar-refractivity contribution < 1.29 is 9.53 Å². The first-order chi connectivity index (χ1) is 11.6. The Hall–Kier alpha value is -1.59. The largest absolute Gasteiger partial charge is 0.373 e. The van der Waals surface area contributed by atoms with Crippen LogP contribution >= 0.6 is 0 Å². The van der Waals surface area contributed by atoms with Gasteiger partial charge in [0.05, 0.1) is 6.10 Å². The second-order valence-electron chi connectivity index (χ2n) is 6.82. The van der Waals surface area contributed by atoms with Crippen molar-refractivity contribution in [3.05, 3.63) is 35.9 Å². The second kappa shape index (κ2) is 9.64. The highest BCUT2D eigenvalue weighted by molar-refractivity contribution is 5.73. The number of benzene rings is 1. The fourth-order valence-electron chi connectivity index (χ4n) is 2.95. The smallest absolute Gasteiger partial charge is 0.314 e. The summed E-state index contributed by atoms with van der Waals surface area (Å²) < 4.78 is 5.97. The molecular weight excluding hydrogens is 302 g/mol. The molecule has 2 N–H and O–H groups in total. The fraction of sp³-hybridized carbons (Fsp3) is 0.632. The lowest BCUT2D eigenvalue weighted by Gasteiger charge is -2.32. The van der Waals surface area contributed by atoms with E-state index in [0.29, 0.717) is 25.0 Å². The van der Waals surface area contributed by atoms with Crippen molar-refractivity contribution in [3.63, 3.8) is 0 Å². The zero-order valence-corrected chi connectivity index (χ0v) is 15.1. The van der Waals surface area contributed by atoms with Crippen molar-refractivity contribution in [1.82, 2.24) is 15.5 Å². The summed E-state index contributed by atoms with van der Waals surface area (Å²) in [7, 11) is 2.06. The highest BCUT2D eigenvalue weighted by Gasteiger charge is 2.27. The summed E-state index contributed by atoms with van der Waals surface area (Å²) in [5.41, 5.74) is 1.20. The number of hydrogen-bond donors (Lipinski definition) is 2. The molecule has 1 aliphatic heterocycles. The first kappa shape index (κ1) is 18.7. The van der Waals surface area contributed by atoms with Crippen molar-refractivity contribution in [2.75, 3.05) is 33.3 Å². The summed E-state index contributed by atoms with van der Waals surface area (Å²) in [5, 5.41) is 5.94. The Kier molecular flexibility index (Phi) is 7.53. The van der Waals surface area contributed by atoms with Gasteiger partial charge in [0.2, 0.25) is 0 Å². The lowest BCUT2D eigenvalue weighted by molar-refractivity contribution is -0.0269. The van der Waals surface area contributed by atoms with Crippen LogP contribution in [0, 0.1) is 5.92 Å². The second-order valence-corrected chi connectivity index (χ2v) is 6.82. The monoisotopic (exact) mass is 333 g/mol. The molecule has 0 bridgehead atoms. The molecule has 0 saturated carbocycles. The van der Waals surface area contributed by atoms with Crippen LogP contribution in [0.5, 0.6) is 0 Å². The first-order valence-corrected chi connectivity index (χ1v) is 8.96. The number of hydrogen-bond acceptors (Lipinski definition) is 3. The zero-order chi connectivity index (χ0) is 17.4. The predicted octanol–water partition coefficient (Wildman–Crippen LogP) is 2.79. The summed E-state index contributed by atoms with van der Waals surface area (Å²) in [6, 6.07) is 10.7. The number of ether oxygens (including phenoxy) is 1. The van der Waals surface area contributed by atoms with Gasteiger partial charge in [-0.1, -0.05) is 30.3 Å². The molecule has 1 aromatic carbocycles. The van der Waals surface area contributed by atoms with Gasteiger partial charge in [-0.05, 0) is 39.3 Å². The Bertz CT molecular complexity index is 493. The molecule has 5 nitrogen and oxygen atoms in total. The topological polar surface area (TPSA) is 53.6 Å². The summed E-state index contributed by atoms with van der Waals surface area (Å²) in [6.45, 7) is 7.24. The maximum absolute atomic E-state index is 12.0. The van der Waals surface area contributed by atoms with Gasteiger partial charge in [-0.3, -0.25) is 0 Å². The van der Waals surface area contributed by atoms with Crippen LogP contribution in [0.2, 0.25) is 0 Å². The lowest BCUT2D eigenvalue weighted by Crippen LogP contribution is -2.43. The highest BCUT2D eigenvalue weighted by Crippen LogP contribution is 2.32. The quantitative estimate of drug-likeness (QED) is 0.807. The predicted molar refractivity (Wildman–Crippen MR) is 97.0 cm³/mol. The van der Waals surface area contributed by atoms with Crippen molar-refractivity contribution >= 4 is 6.03 Å². The van der Waals surface area contributed by atoms with E-state index in [9.17, 15) is 4.79 Å². The average molecular weight is 333 g/mol. The Labute approximate surface area is 145 Å². The SMILES string of the molecule is CC(C)N(C)CCNC(=O)NCC1CCCOC1c1ccccc1. The standard InChI is InChI=1S/C19H31N3O2/c1-15(2)22(3)12-11-20-19(23)21-14-17-10-7-13-24-18(17)16-8-5-4-6-9-16/h4-6,8-9,15,17-18H,7,10-14H2,1-3H3,(H2,20,21,23). The molecule has 2 rings (SSSR count). The number of nitrogens with zero attached hydrogens (tertiary/aromatic N) is 1. The minimum atomic E-state index is -0.0930. The molecule has 5 heteroatoms. The number of carbonyl (C=O) groups excluding carboxylic acids is 1. The molecule has 1 fully saturated rings. The number of carbonyl (C=O) groups is 1. The van der Waals surface area contributed by atoms with Crippen LogP contribution in [-0.2, 0) is 4.74 Å². The number of nitrogens with one attached hydrogen (secondary N) is 2. The molecule has 24 heavy (non-hydrogen) atoms. The molecule has 0 spiro atoms. The van der Waals surface area contributed by atoms with E-state index in [0.717, 1.165) is 26.0 Å². The zero-order valence-electron chi connectivity index (χ0n) is 15.1. The molecule has 0 aromatic heterocycles. The van der Waals surface area contributed by atoms with Crippen molar-refractivity contribution in [2.24, 2.45) is 5.92 Å². The van der Waals surface area contributed by atoms with Crippen molar-refractivity contribution in [1.29, 1.82) is 0 Å². The maximum Gasteiger partial charge on any atom is 0.314 e. The Morgan fingerprint density at radius 3 is 2.75 bits per heavy atom. The van der Waals surface area contributed by atoms with Gasteiger partial charge in [0, 0.05) is 38.2 Å². The minimum Gasteiger partial charge on any atom is -0.373 e. The van der Waals surface area contributed by atoms with Gasteiger partial charge in [0.25, 0.3) is 0 Å². The number of rotatable bonds is 7.